The first-order valence-corrected chi connectivity index (χ1v) is 5.99. The molecule has 1 N–H and O–H groups in total. The van der Waals surface area contributed by atoms with Gasteiger partial charge in [-0.3, -0.25) is 0 Å². The van der Waals surface area contributed by atoms with Crippen LogP contribution in [-0.4, -0.2) is 23.6 Å². The van der Waals surface area contributed by atoms with E-state index in [9.17, 15) is 4.79 Å². The lowest BCUT2D eigenvalue weighted by molar-refractivity contribution is -0.143. The van der Waals surface area contributed by atoms with Crippen molar-refractivity contribution in [3.63, 3.8) is 0 Å². The molecule has 0 aliphatic heterocycles. The zero-order valence-corrected chi connectivity index (χ0v) is 10.5. The summed E-state index contributed by atoms with van der Waals surface area (Å²) < 4.78 is 4.93. The van der Waals surface area contributed by atoms with Crippen LogP contribution in [0.25, 0.3) is 10.9 Å². The molecule has 1 unspecified atom stereocenters. The Morgan fingerprint density at radius 3 is 2.89 bits per heavy atom. The fourth-order valence-electron chi connectivity index (χ4n) is 1.69. The van der Waals surface area contributed by atoms with Crippen LogP contribution in [0.3, 0.4) is 0 Å². The van der Waals surface area contributed by atoms with Crippen LogP contribution in [0.15, 0.2) is 36.4 Å². The van der Waals surface area contributed by atoms with Crippen LogP contribution < -0.4 is 5.32 Å². The Bertz CT molecular complexity index is 554. The van der Waals surface area contributed by atoms with Crippen LogP contribution in [0, 0.1) is 0 Å². The molecule has 1 aromatic heterocycles. The van der Waals surface area contributed by atoms with Gasteiger partial charge in [-0.05, 0) is 32.0 Å². The number of nitrogens with one attached hydrogen (secondary N) is 1. The van der Waals surface area contributed by atoms with E-state index in [2.05, 4.69) is 10.3 Å². The Morgan fingerprint density at radius 1 is 1.33 bits per heavy atom. The van der Waals surface area contributed by atoms with Gasteiger partial charge in [-0.15, -0.1) is 0 Å². The number of hydrogen-bond acceptors (Lipinski definition) is 4. The van der Waals surface area contributed by atoms with E-state index in [1.54, 1.807) is 13.8 Å². The van der Waals surface area contributed by atoms with Crippen molar-refractivity contribution in [1.82, 2.24) is 4.98 Å². The minimum atomic E-state index is -0.404. The topological polar surface area (TPSA) is 51.2 Å². The third kappa shape index (κ3) is 2.77. The molecule has 0 saturated carbocycles. The number of carbonyl (C=O) groups is 1. The van der Waals surface area contributed by atoms with E-state index in [0.717, 1.165) is 10.9 Å². The second-order valence-corrected chi connectivity index (χ2v) is 4.01. The van der Waals surface area contributed by atoms with E-state index >= 15 is 0 Å². The first-order chi connectivity index (χ1) is 8.70. The van der Waals surface area contributed by atoms with Gasteiger partial charge >= 0.3 is 5.97 Å². The predicted octanol–water partition coefficient (Wildman–Crippen LogP) is 2.60. The van der Waals surface area contributed by atoms with E-state index < -0.39 is 6.04 Å². The average molecular weight is 244 g/mol. The molecule has 0 fully saturated rings. The van der Waals surface area contributed by atoms with Gasteiger partial charge in [0.05, 0.1) is 12.1 Å². The number of ether oxygens (including phenoxy) is 1. The van der Waals surface area contributed by atoms with Crippen molar-refractivity contribution in [2.24, 2.45) is 0 Å². The minimum Gasteiger partial charge on any atom is -0.464 e. The summed E-state index contributed by atoms with van der Waals surface area (Å²) in [4.78, 5) is 15.9. The smallest absolute Gasteiger partial charge is 0.328 e. The number of para-hydroxylation sites is 1. The first kappa shape index (κ1) is 12.4. The van der Waals surface area contributed by atoms with E-state index in [4.69, 9.17) is 4.74 Å². The Kier molecular flexibility index (Phi) is 3.77. The highest BCUT2D eigenvalue weighted by molar-refractivity contribution is 5.82. The first-order valence-electron chi connectivity index (χ1n) is 5.99. The van der Waals surface area contributed by atoms with Gasteiger partial charge in [-0.25, -0.2) is 9.78 Å². The van der Waals surface area contributed by atoms with Crippen molar-refractivity contribution in [2.75, 3.05) is 11.9 Å². The number of hydrogen-bond donors (Lipinski definition) is 1. The van der Waals surface area contributed by atoms with Crippen LogP contribution in [-0.2, 0) is 9.53 Å². The lowest BCUT2D eigenvalue weighted by atomic mass is 10.2. The summed E-state index contributed by atoms with van der Waals surface area (Å²) >= 11 is 0. The van der Waals surface area contributed by atoms with Crippen molar-refractivity contribution in [3.05, 3.63) is 36.4 Å². The van der Waals surface area contributed by atoms with Gasteiger partial charge in [0.25, 0.3) is 0 Å². The lowest BCUT2D eigenvalue weighted by Crippen LogP contribution is -2.28. The zero-order valence-electron chi connectivity index (χ0n) is 10.5. The highest BCUT2D eigenvalue weighted by Crippen LogP contribution is 2.15. The molecule has 1 heterocycles. The number of fused-ring (bicyclic) bond motifs is 1. The van der Waals surface area contributed by atoms with Gasteiger partial charge in [0.1, 0.15) is 11.9 Å². The molecule has 18 heavy (non-hydrogen) atoms. The number of rotatable bonds is 4. The molecule has 0 saturated heterocycles. The summed E-state index contributed by atoms with van der Waals surface area (Å²) in [5.41, 5.74) is 0.901. The summed E-state index contributed by atoms with van der Waals surface area (Å²) in [6.07, 6.45) is 0. The maximum absolute atomic E-state index is 11.5. The fraction of sp³-hybridized carbons (Fsp3) is 0.286. The number of carbonyl (C=O) groups excluding carboxylic acids is 1. The Labute approximate surface area is 106 Å². The number of aromatic nitrogens is 1. The molecule has 2 aromatic rings. The normalized spacial score (nSPS) is 12.1. The molecular weight excluding hydrogens is 228 g/mol. The van der Waals surface area contributed by atoms with Gasteiger partial charge < -0.3 is 10.1 Å². The summed E-state index contributed by atoms with van der Waals surface area (Å²) in [5.74, 6) is 0.404. The maximum atomic E-state index is 11.5. The highest BCUT2D eigenvalue weighted by Gasteiger charge is 2.13. The monoisotopic (exact) mass is 244 g/mol. The van der Waals surface area contributed by atoms with Gasteiger partial charge in [0, 0.05) is 5.39 Å². The average Bonchev–Trinajstić information content (AvgIpc) is 2.39. The minimum absolute atomic E-state index is 0.271. The summed E-state index contributed by atoms with van der Waals surface area (Å²) in [6.45, 7) is 3.93. The molecule has 4 heteroatoms. The third-order valence-corrected chi connectivity index (χ3v) is 2.60. The molecule has 0 aliphatic carbocycles. The second kappa shape index (κ2) is 5.49. The summed E-state index contributed by atoms with van der Waals surface area (Å²) in [6, 6.07) is 11.3. The SMILES string of the molecule is CCOC(=O)C(C)Nc1ccc2ccccc2n1. The van der Waals surface area contributed by atoms with Crippen molar-refractivity contribution in [3.8, 4) is 0 Å². The van der Waals surface area contributed by atoms with Crippen molar-refractivity contribution in [2.45, 2.75) is 19.9 Å². The van der Waals surface area contributed by atoms with Crippen LogP contribution in [0.1, 0.15) is 13.8 Å². The molecule has 1 aromatic carbocycles. The number of anilines is 1. The van der Waals surface area contributed by atoms with E-state index in [1.807, 2.05) is 36.4 Å². The summed E-state index contributed by atoms with van der Waals surface area (Å²) in [5, 5.41) is 4.11. The number of pyridine rings is 1. The van der Waals surface area contributed by atoms with Crippen molar-refractivity contribution >= 4 is 22.7 Å². The van der Waals surface area contributed by atoms with Gasteiger partial charge in [-0.2, -0.15) is 0 Å². The molecular formula is C14H16N2O2. The van der Waals surface area contributed by atoms with Gasteiger partial charge in [0.2, 0.25) is 0 Å². The fourth-order valence-corrected chi connectivity index (χ4v) is 1.69. The second-order valence-electron chi connectivity index (χ2n) is 4.01. The van der Waals surface area contributed by atoms with Crippen LogP contribution in [0.2, 0.25) is 0 Å². The molecule has 0 amide bonds. The van der Waals surface area contributed by atoms with Gasteiger partial charge in [-0.1, -0.05) is 18.2 Å². The quantitative estimate of drug-likeness (QED) is 0.840. The van der Waals surface area contributed by atoms with Crippen molar-refractivity contribution in [1.29, 1.82) is 0 Å². The number of nitrogens with zero attached hydrogens (tertiary/aromatic N) is 1. The van der Waals surface area contributed by atoms with Crippen LogP contribution in [0.5, 0.6) is 0 Å². The molecule has 1 atom stereocenters. The number of benzene rings is 1. The molecule has 4 nitrogen and oxygen atoms in total. The molecule has 0 bridgehead atoms. The largest absolute Gasteiger partial charge is 0.464 e. The van der Waals surface area contributed by atoms with E-state index in [1.165, 1.54) is 0 Å². The maximum Gasteiger partial charge on any atom is 0.328 e. The van der Waals surface area contributed by atoms with E-state index in [-0.39, 0.29) is 5.97 Å². The van der Waals surface area contributed by atoms with Crippen molar-refractivity contribution < 1.29 is 9.53 Å². The molecule has 0 aliphatic rings. The lowest BCUT2D eigenvalue weighted by Gasteiger charge is -2.13. The Balaban J connectivity index is 2.14. The Hall–Kier alpha value is -2.10. The van der Waals surface area contributed by atoms with Crippen LogP contribution >= 0.6 is 0 Å². The van der Waals surface area contributed by atoms with E-state index in [0.29, 0.717) is 12.4 Å². The Morgan fingerprint density at radius 2 is 2.11 bits per heavy atom. The predicted molar refractivity (Wildman–Crippen MR) is 71.5 cm³/mol. The van der Waals surface area contributed by atoms with Crippen LogP contribution in [0.4, 0.5) is 5.82 Å². The highest BCUT2D eigenvalue weighted by atomic mass is 16.5. The molecule has 94 valence electrons. The summed E-state index contributed by atoms with van der Waals surface area (Å²) in [7, 11) is 0. The third-order valence-electron chi connectivity index (χ3n) is 2.60. The standard InChI is InChI=1S/C14H16N2O2/c1-3-18-14(17)10(2)15-13-9-8-11-6-4-5-7-12(11)16-13/h4-10H,3H2,1-2H3,(H,15,16). The molecule has 2 rings (SSSR count). The number of esters is 1. The zero-order chi connectivity index (χ0) is 13.0. The van der Waals surface area contributed by atoms with Gasteiger partial charge in [0.15, 0.2) is 0 Å². The molecule has 0 radical (unpaired) electrons. The molecule has 0 spiro atoms.